The molecule has 8 nitrogen and oxygen atoms in total. The van der Waals surface area contributed by atoms with Gasteiger partial charge in [0, 0.05) is 30.2 Å². The van der Waals surface area contributed by atoms with Gasteiger partial charge in [0.25, 0.3) is 11.6 Å². The van der Waals surface area contributed by atoms with Crippen LogP contribution >= 0.6 is 0 Å². The molecule has 1 aliphatic heterocycles. The van der Waals surface area contributed by atoms with E-state index >= 15 is 0 Å². The molecule has 1 saturated heterocycles. The minimum absolute atomic E-state index is 0.0208. The average Bonchev–Trinajstić information content (AvgIpc) is 2.79. The Bertz CT molecular complexity index is 615. The average molecular weight is 294 g/mol. The Balaban J connectivity index is 2.29. The normalized spacial score (nSPS) is 21.3. The van der Waals surface area contributed by atoms with Crippen LogP contribution in [0.5, 0.6) is 0 Å². The van der Waals surface area contributed by atoms with Gasteiger partial charge in [-0.1, -0.05) is 0 Å². The number of nitrogens with zero attached hydrogens (tertiary/aromatic N) is 2. The summed E-state index contributed by atoms with van der Waals surface area (Å²) in [5.74, 6) is -1.74. The molecule has 0 aliphatic carbocycles. The SMILES string of the molecule is Cc1cc(C(=O)N2C[C@H](O)C[C@@H]2C(=O)O)ccc1[N+](=O)[O-]. The molecule has 2 atom stereocenters. The quantitative estimate of drug-likeness (QED) is 0.620. The summed E-state index contributed by atoms with van der Waals surface area (Å²) in [5, 5.41) is 29.4. The number of benzene rings is 1. The number of aryl methyl sites for hydroxylation is 1. The lowest BCUT2D eigenvalue weighted by atomic mass is 10.1. The van der Waals surface area contributed by atoms with E-state index in [2.05, 4.69) is 0 Å². The van der Waals surface area contributed by atoms with E-state index in [-0.39, 0.29) is 24.2 Å². The van der Waals surface area contributed by atoms with Gasteiger partial charge < -0.3 is 15.1 Å². The van der Waals surface area contributed by atoms with Crippen molar-refractivity contribution in [3.8, 4) is 0 Å². The fourth-order valence-corrected chi connectivity index (χ4v) is 2.43. The number of hydrogen-bond donors (Lipinski definition) is 2. The second-order valence-corrected chi connectivity index (χ2v) is 4.96. The van der Waals surface area contributed by atoms with Crippen molar-refractivity contribution in [2.75, 3.05) is 6.54 Å². The van der Waals surface area contributed by atoms with Crippen molar-refractivity contribution in [1.29, 1.82) is 0 Å². The molecule has 2 N–H and O–H groups in total. The van der Waals surface area contributed by atoms with Gasteiger partial charge in [-0.3, -0.25) is 14.9 Å². The smallest absolute Gasteiger partial charge is 0.326 e. The van der Waals surface area contributed by atoms with Gasteiger partial charge in [0.2, 0.25) is 0 Å². The number of likely N-dealkylation sites (tertiary alicyclic amines) is 1. The van der Waals surface area contributed by atoms with Crippen LogP contribution < -0.4 is 0 Å². The zero-order valence-electron chi connectivity index (χ0n) is 11.2. The monoisotopic (exact) mass is 294 g/mol. The minimum Gasteiger partial charge on any atom is -0.480 e. The highest BCUT2D eigenvalue weighted by atomic mass is 16.6. The molecular formula is C13H14N2O6. The number of hydrogen-bond acceptors (Lipinski definition) is 5. The summed E-state index contributed by atoms with van der Waals surface area (Å²) in [7, 11) is 0. The summed E-state index contributed by atoms with van der Waals surface area (Å²) in [5.41, 5.74) is 0.374. The van der Waals surface area contributed by atoms with Gasteiger partial charge in [-0.2, -0.15) is 0 Å². The largest absolute Gasteiger partial charge is 0.480 e. The summed E-state index contributed by atoms with van der Waals surface area (Å²) in [6, 6.07) is 2.77. The predicted molar refractivity (Wildman–Crippen MR) is 70.9 cm³/mol. The first-order chi connectivity index (χ1) is 9.81. The number of carbonyl (C=O) groups excluding carboxylic acids is 1. The highest BCUT2D eigenvalue weighted by Gasteiger charge is 2.39. The second kappa shape index (κ2) is 5.49. The number of amides is 1. The Morgan fingerprint density at radius 2 is 2.10 bits per heavy atom. The maximum absolute atomic E-state index is 12.3. The van der Waals surface area contributed by atoms with Crippen LogP contribution in [-0.4, -0.2) is 50.6 Å². The fourth-order valence-electron chi connectivity index (χ4n) is 2.43. The molecule has 21 heavy (non-hydrogen) atoms. The van der Waals surface area contributed by atoms with Crippen molar-refractivity contribution >= 4 is 17.6 Å². The molecule has 1 aromatic carbocycles. The van der Waals surface area contributed by atoms with Gasteiger partial charge in [0.05, 0.1) is 11.0 Å². The molecule has 0 saturated carbocycles. The number of aliphatic carboxylic acids is 1. The van der Waals surface area contributed by atoms with Crippen LogP contribution in [-0.2, 0) is 4.79 Å². The molecule has 112 valence electrons. The van der Waals surface area contributed by atoms with Crippen LogP contribution in [0.4, 0.5) is 5.69 Å². The molecule has 8 heteroatoms. The lowest BCUT2D eigenvalue weighted by Gasteiger charge is -2.21. The van der Waals surface area contributed by atoms with E-state index in [1.54, 1.807) is 0 Å². The van der Waals surface area contributed by atoms with E-state index < -0.39 is 28.9 Å². The zero-order chi connectivity index (χ0) is 15.7. The van der Waals surface area contributed by atoms with Crippen molar-refractivity contribution in [3.05, 3.63) is 39.4 Å². The van der Waals surface area contributed by atoms with Crippen LogP contribution in [0.3, 0.4) is 0 Å². The highest BCUT2D eigenvalue weighted by Crippen LogP contribution is 2.24. The summed E-state index contributed by atoms with van der Waals surface area (Å²) < 4.78 is 0. The van der Waals surface area contributed by atoms with Gasteiger partial charge in [-0.15, -0.1) is 0 Å². The molecule has 1 aliphatic rings. The van der Waals surface area contributed by atoms with E-state index in [0.717, 1.165) is 4.90 Å². The molecule has 0 bridgehead atoms. The number of aliphatic hydroxyl groups is 1. The third-order valence-corrected chi connectivity index (χ3v) is 3.47. The highest BCUT2D eigenvalue weighted by molar-refractivity contribution is 5.97. The van der Waals surface area contributed by atoms with Gasteiger partial charge in [0.1, 0.15) is 6.04 Å². The number of rotatable bonds is 3. The third kappa shape index (κ3) is 2.84. The Labute approximate surface area is 119 Å². The summed E-state index contributed by atoms with van der Waals surface area (Å²) in [6.07, 6.45) is -0.901. The Hall–Kier alpha value is -2.48. The molecule has 2 rings (SSSR count). The van der Waals surface area contributed by atoms with Crippen molar-refractivity contribution in [1.82, 2.24) is 4.90 Å². The number of carboxylic acid groups (broad SMARTS) is 1. The van der Waals surface area contributed by atoms with Gasteiger partial charge in [0.15, 0.2) is 0 Å². The fraction of sp³-hybridized carbons (Fsp3) is 0.385. The molecule has 1 aromatic rings. The number of aliphatic hydroxyl groups excluding tert-OH is 1. The van der Waals surface area contributed by atoms with Gasteiger partial charge in [-0.25, -0.2) is 4.79 Å². The summed E-state index contributed by atoms with van der Waals surface area (Å²) >= 11 is 0. The number of β-amino-alcohol motifs (C(OH)–C–C–N with tert-alkyl or cyclic N) is 1. The second-order valence-electron chi connectivity index (χ2n) is 4.96. The molecule has 0 spiro atoms. The lowest BCUT2D eigenvalue weighted by molar-refractivity contribution is -0.385. The van der Waals surface area contributed by atoms with Gasteiger partial charge >= 0.3 is 5.97 Å². The zero-order valence-corrected chi connectivity index (χ0v) is 11.2. The Morgan fingerprint density at radius 1 is 1.43 bits per heavy atom. The van der Waals surface area contributed by atoms with E-state index in [0.29, 0.717) is 5.56 Å². The van der Waals surface area contributed by atoms with Crippen LogP contribution in [0.2, 0.25) is 0 Å². The van der Waals surface area contributed by atoms with Crippen molar-refractivity contribution in [2.45, 2.75) is 25.5 Å². The van der Waals surface area contributed by atoms with E-state index in [9.17, 15) is 24.8 Å². The molecule has 0 unspecified atom stereocenters. The van der Waals surface area contributed by atoms with Crippen LogP contribution in [0.15, 0.2) is 18.2 Å². The van der Waals surface area contributed by atoms with Crippen LogP contribution in [0, 0.1) is 17.0 Å². The van der Waals surface area contributed by atoms with E-state index in [1.165, 1.54) is 25.1 Å². The first kappa shape index (κ1) is 14.9. The number of carbonyl (C=O) groups is 2. The maximum atomic E-state index is 12.3. The van der Waals surface area contributed by atoms with Crippen LogP contribution in [0.25, 0.3) is 0 Å². The predicted octanol–water partition coefficient (Wildman–Crippen LogP) is 0.563. The molecule has 0 aromatic heterocycles. The Kier molecular flexibility index (Phi) is 3.90. The lowest BCUT2D eigenvalue weighted by Crippen LogP contribution is -2.40. The minimum atomic E-state index is -1.18. The molecule has 1 amide bonds. The topological polar surface area (TPSA) is 121 Å². The summed E-state index contributed by atoms with van der Waals surface area (Å²) in [6.45, 7) is 1.44. The van der Waals surface area contributed by atoms with Crippen LogP contribution in [0.1, 0.15) is 22.3 Å². The van der Waals surface area contributed by atoms with Crippen molar-refractivity contribution < 1.29 is 24.7 Å². The molecule has 1 heterocycles. The molecule has 1 fully saturated rings. The van der Waals surface area contributed by atoms with Crippen molar-refractivity contribution in [3.63, 3.8) is 0 Å². The van der Waals surface area contributed by atoms with E-state index in [4.69, 9.17) is 5.11 Å². The number of nitro benzene ring substituents is 1. The molecule has 0 radical (unpaired) electrons. The maximum Gasteiger partial charge on any atom is 0.326 e. The number of nitro groups is 1. The third-order valence-electron chi connectivity index (χ3n) is 3.47. The van der Waals surface area contributed by atoms with Crippen molar-refractivity contribution in [2.24, 2.45) is 0 Å². The first-order valence-corrected chi connectivity index (χ1v) is 6.28. The molecular weight excluding hydrogens is 280 g/mol. The summed E-state index contributed by atoms with van der Waals surface area (Å²) in [4.78, 5) is 34.7. The standard InChI is InChI=1S/C13H14N2O6/c1-7-4-8(2-3-10(7)15(20)21)12(17)14-6-9(16)5-11(14)13(18)19/h2-4,9,11,16H,5-6H2,1H3,(H,18,19)/t9-,11-/m1/s1. The Morgan fingerprint density at radius 3 is 2.62 bits per heavy atom. The van der Waals surface area contributed by atoms with Gasteiger partial charge in [-0.05, 0) is 19.1 Å². The van der Waals surface area contributed by atoms with E-state index in [1.807, 2.05) is 0 Å². The first-order valence-electron chi connectivity index (χ1n) is 6.28. The number of carboxylic acids is 1.